The highest BCUT2D eigenvalue weighted by molar-refractivity contribution is 6.02. The first-order chi connectivity index (χ1) is 8.27. The van der Waals surface area contributed by atoms with Gasteiger partial charge in [0.05, 0.1) is 0 Å². The van der Waals surface area contributed by atoms with Crippen LogP contribution >= 0.6 is 0 Å². The van der Waals surface area contributed by atoms with Crippen molar-refractivity contribution in [3.63, 3.8) is 0 Å². The molecular formula is C16H15N. The molecule has 0 saturated heterocycles. The minimum atomic E-state index is 0.0472. The standard InChI is InChI=1S/C16H15N/c1-11(17)16-14-8-4-2-6-12(14)10-13-7-3-5-9-15(13)16/h2-11H,17H2,1H3. The summed E-state index contributed by atoms with van der Waals surface area (Å²) >= 11 is 0. The second kappa shape index (κ2) is 3.86. The molecule has 0 amide bonds. The highest BCUT2D eigenvalue weighted by Gasteiger charge is 2.09. The van der Waals surface area contributed by atoms with E-state index in [1.165, 1.54) is 27.1 Å². The number of fused-ring (bicyclic) bond motifs is 2. The maximum absolute atomic E-state index is 6.15. The molecule has 0 heterocycles. The van der Waals surface area contributed by atoms with Gasteiger partial charge in [0, 0.05) is 6.04 Å². The van der Waals surface area contributed by atoms with Crippen LogP contribution in [0, 0.1) is 0 Å². The summed E-state index contributed by atoms with van der Waals surface area (Å²) < 4.78 is 0. The third kappa shape index (κ3) is 1.60. The van der Waals surface area contributed by atoms with Crippen LogP contribution in [0.2, 0.25) is 0 Å². The molecule has 0 aromatic heterocycles. The molecule has 0 aliphatic carbocycles. The average Bonchev–Trinajstić information content (AvgIpc) is 2.35. The molecule has 1 atom stereocenters. The van der Waals surface area contributed by atoms with Gasteiger partial charge in [0.2, 0.25) is 0 Å². The van der Waals surface area contributed by atoms with Gasteiger partial charge in [0.1, 0.15) is 0 Å². The van der Waals surface area contributed by atoms with E-state index in [1.54, 1.807) is 0 Å². The molecule has 0 spiro atoms. The van der Waals surface area contributed by atoms with Crippen molar-refractivity contribution in [2.24, 2.45) is 5.73 Å². The number of benzene rings is 3. The van der Waals surface area contributed by atoms with Gasteiger partial charge < -0.3 is 5.73 Å². The number of hydrogen-bond donors (Lipinski definition) is 1. The first kappa shape index (κ1) is 10.3. The van der Waals surface area contributed by atoms with E-state index >= 15 is 0 Å². The minimum Gasteiger partial charge on any atom is -0.324 e. The van der Waals surface area contributed by atoms with Crippen molar-refractivity contribution < 1.29 is 0 Å². The van der Waals surface area contributed by atoms with Crippen LogP contribution in [0.5, 0.6) is 0 Å². The van der Waals surface area contributed by atoms with E-state index in [0.29, 0.717) is 0 Å². The molecule has 1 heteroatoms. The smallest absolute Gasteiger partial charge is 0.0278 e. The Morgan fingerprint density at radius 2 is 1.29 bits per heavy atom. The van der Waals surface area contributed by atoms with E-state index in [-0.39, 0.29) is 6.04 Å². The lowest BCUT2D eigenvalue weighted by Crippen LogP contribution is -2.06. The largest absolute Gasteiger partial charge is 0.324 e. The van der Waals surface area contributed by atoms with Crippen LogP contribution < -0.4 is 5.73 Å². The van der Waals surface area contributed by atoms with Crippen LogP contribution in [0.25, 0.3) is 21.5 Å². The molecule has 1 unspecified atom stereocenters. The lowest BCUT2D eigenvalue weighted by molar-refractivity contribution is 0.834. The second-order valence-corrected chi connectivity index (χ2v) is 4.52. The number of nitrogens with two attached hydrogens (primary N) is 1. The molecule has 0 bridgehead atoms. The molecule has 0 aliphatic heterocycles. The summed E-state index contributed by atoms with van der Waals surface area (Å²) in [5.41, 5.74) is 7.39. The van der Waals surface area contributed by atoms with Crippen molar-refractivity contribution in [1.29, 1.82) is 0 Å². The SMILES string of the molecule is CC(N)c1c2ccccc2cc2ccccc12. The molecule has 17 heavy (non-hydrogen) atoms. The van der Waals surface area contributed by atoms with E-state index in [4.69, 9.17) is 5.73 Å². The van der Waals surface area contributed by atoms with Crippen molar-refractivity contribution in [2.75, 3.05) is 0 Å². The molecule has 0 fully saturated rings. The first-order valence-electron chi connectivity index (χ1n) is 5.93. The zero-order valence-electron chi connectivity index (χ0n) is 9.85. The van der Waals surface area contributed by atoms with Crippen LogP contribution in [-0.4, -0.2) is 0 Å². The van der Waals surface area contributed by atoms with Crippen molar-refractivity contribution in [3.8, 4) is 0 Å². The van der Waals surface area contributed by atoms with Crippen molar-refractivity contribution in [1.82, 2.24) is 0 Å². The minimum absolute atomic E-state index is 0.0472. The van der Waals surface area contributed by atoms with Crippen molar-refractivity contribution in [3.05, 3.63) is 60.2 Å². The molecule has 3 aromatic carbocycles. The van der Waals surface area contributed by atoms with Gasteiger partial charge in [-0.1, -0.05) is 48.5 Å². The molecule has 2 N–H and O–H groups in total. The highest BCUT2D eigenvalue weighted by Crippen LogP contribution is 2.31. The van der Waals surface area contributed by atoms with Crippen molar-refractivity contribution >= 4 is 21.5 Å². The Labute approximate surface area is 101 Å². The lowest BCUT2D eigenvalue weighted by Gasteiger charge is -2.14. The Hall–Kier alpha value is -1.86. The summed E-state index contributed by atoms with van der Waals surface area (Å²) in [6.45, 7) is 2.05. The van der Waals surface area contributed by atoms with Gasteiger partial charge in [-0.3, -0.25) is 0 Å². The van der Waals surface area contributed by atoms with Gasteiger partial charge in [-0.05, 0) is 40.1 Å². The molecule has 1 nitrogen and oxygen atoms in total. The number of rotatable bonds is 1. The van der Waals surface area contributed by atoms with Crippen LogP contribution in [0.15, 0.2) is 54.6 Å². The summed E-state index contributed by atoms with van der Waals surface area (Å²) in [6, 6.07) is 19.2. The van der Waals surface area contributed by atoms with Crippen molar-refractivity contribution in [2.45, 2.75) is 13.0 Å². The second-order valence-electron chi connectivity index (χ2n) is 4.52. The first-order valence-corrected chi connectivity index (χ1v) is 5.93. The van der Waals surface area contributed by atoms with Crippen LogP contribution in [0.1, 0.15) is 18.5 Å². The van der Waals surface area contributed by atoms with Crippen LogP contribution in [-0.2, 0) is 0 Å². The molecule has 3 rings (SSSR count). The van der Waals surface area contributed by atoms with E-state index in [2.05, 4.69) is 54.6 Å². The fourth-order valence-corrected chi connectivity index (χ4v) is 2.54. The van der Waals surface area contributed by atoms with Gasteiger partial charge in [-0.15, -0.1) is 0 Å². The van der Waals surface area contributed by atoms with Crippen LogP contribution in [0.3, 0.4) is 0 Å². The Balaban J connectivity index is 2.56. The summed E-state index contributed by atoms with van der Waals surface area (Å²) in [4.78, 5) is 0. The lowest BCUT2D eigenvalue weighted by atomic mass is 9.93. The fourth-order valence-electron chi connectivity index (χ4n) is 2.54. The van der Waals surface area contributed by atoms with E-state index in [0.717, 1.165) is 0 Å². The number of hydrogen-bond acceptors (Lipinski definition) is 1. The molecular weight excluding hydrogens is 206 g/mol. The maximum Gasteiger partial charge on any atom is 0.0278 e. The summed E-state index contributed by atoms with van der Waals surface area (Å²) in [6.07, 6.45) is 0. The van der Waals surface area contributed by atoms with Gasteiger partial charge in [0.25, 0.3) is 0 Å². The Bertz CT molecular complexity index is 629. The van der Waals surface area contributed by atoms with E-state index in [1.807, 2.05) is 6.92 Å². The van der Waals surface area contributed by atoms with Crippen LogP contribution in [0.4, 0.5) is 0 Å². The quantitative estimate of drug-likeness (QED) is 0.617. The molecule has 0 saturated carbocycles. The van der Waals surface area contributed by atoms with Gasteiger partial charge >= 0.3 is 0 Å². The van der Waals surface area contributed by atoms with Gasteiger partial charge in [0.15, 0.2) is 0 Å². The van der Waals surface area contributed by atoms with E-state index in [9.17, 15) is 0 Å². The van der Waals surface area contributed by atoms with E-state index < -0.39 is 0 Å². The Morgan fingerprint density at radius 1 is 0.824 bits per heavy atom. The molecule has 3 aromatic rings. The normalized spacial score (nSPS) is 13.1. The zero-order chi connectivity index (χ0) is 11.8. The Morgan fingerprint density at radius 3 is 1.76 bits per heavy atom. The van der Waals surface area contributed by atoms with Gasteiger partial charge in [-0.25, -0.2) is 0 Å². The zero-order valence-corrected chi connectivity index (χ0v) is 9.85. The predicted octanol–water partition coefficient (Wildman–Crippen LogP) is 4.01. The van der Waals surface area contributed by atoms with Gasteiger partial charge in [-0.2, -0.15) is 0 Å². The Kier molecular flexibility index (Phi) is 2.34. The average molecular weight is 221 g/mol. The third-order valence-corrected chi connectivity index (χ3v) is 3.27. The molecule has 0 radical (unpaired) electrons. The highest BCUT2D eigenvalue weighted by atomic mass is 14.6. The molecule has 0 aliphatic rings. The summed E-state index contributed by atoms with van der Waals surface area (Å²) in [5.74, 6) is 0. The summed E-state index contributed by atoms with van der Waals surface area (Å²) in [7, 11) is 0. The molecule has 84 valence electrons. The maximum atomic E-state index is 6.15. The predicted molar refractivity (Wildman–Crippen MR) is 74.1 cm³/mol. The topological polar surface area (TPSA) is 26.0 Å². The third-order valence-electron chi connectivity index (χ3n) is 3.27. The summed E-state index contributed by atoms with van der Waals surface area (Å²) in [5, 5.41) is 5.06. The fraction of sp³-hybridized carbons (Fsp3) is 0.125. The monoisotopic (exact) mass is 221 g/mol.